The fraction of sp³-hybridized carbons (Fsp3) is 0. The van der Waals surface area contributed by atoms with Gasteiger partial charge in [0.1, 0.15) is 0 Å². The van der Waals surface area contributed by atoms with Crippen LogP contribution in [0.2, 0.25) is 0 Å². The first-order chi connectivity index (χ1) is 0. The van der Waals surface area contributed by atoms with Gasteiger partial charge < -0.3 is 8.33 Å². The van der Waals surface area contributed by atoms with Gasteiger partial charge in [-0.25, -0.2) is 0 Å². The zero-order valence-electron chi connectivity index (χ0n) is 4.21. The van der Waals surface area contributed by atoms with E-state index in [1.807, 2.05) is 0 Å². The zero-order chi connectivity index (χ0) is 0. The molecular weight excluding hydrogens is 359 g/mol. The van der Waals surface area contributed by atoms with Crippen LogP contribution in [-0.4, -0.2) is 28.5 Å². The molecule has 0 spiro atoms. The van der Waals surface area contributed by atoms with Crippen LogP contribution in [0, 0.1) is 41.7 Å². The second-order valence-corrected chi connectivity index (χ2v) is 0. The first kappa shape index (κ1) is 28.1. The van der Waals surface area contributed by atoms with Gasteiger partial charge in [0.2, 0.25) is 0 Å². The van der Waals surface area contributed by atoms with Crippen molar-refractivity contribution in [3.05, 3.63) is 0 Å². The summed E-state index contributed by atoms with van der Waals surface area (Å²) in [5.74, 6) is 0. The quantitative estimate of drug-likeness (QED) is 0.496. The summed E-state index contributed by atoms with van der Waals surface area (Å²) >= 11 is 0. The van der Waals surface area contributed by atoms with Crippen LogP contribution in [0.15, 0.2) is 0 Å². The summed E-state index contributed by atoms with van der Waals surface area (Å²) in [4.78, 5) is 0. The molecule has 4 heavy (non-hydrogen) atoms. The van der Waals surface area contributed by atoms with E-state index in [2.05, 4.69) is 0 Å². The Kier molecular flexibility index (Phi) is 118. The minimum absolute atomic E-state index is 0. The number of hydrogen-bond acceptors (Lipinski definition) is 0. The molecule has 2 N–H and O–H groups in total. The maximum atomic E-state index is 0. The molecule has 0 radical (unpaired) electrons. The van der Waals surface area contributed by atoms with E-state index in [-0.39, 0.29) is 99.0 Å². The van der Waals surface area contributed by atoms with Gasteiger partial charge in [-0.15, -0.1) is 0 Å². The van der Waals surface area contributed by atoms with Crippen molar-refractivity contribution in [1.82, 2.24) is 0 Å². The Bertz CT molecular complexity index is 13.5. The SMILES string of the molecule is O.[Ce].[H-].[H-].[Hf].[Mg+2]. The van der Waals surface area contributed by atoms with Crippen molar-refractivity contribution in [3.63, 3.8) is 0 Å². The van der Waals surface area contributed by atoms with E-state index in [1.165, 1.54) is 0 Å². The first-order valence-corrected chi connectivity index (χ1v) is 0. The standard InChI is InChI=1S/Ce.Hf.Mg.H2O.2H/h;;;1H2;;/q;;+2;;2*-1. The minimum Gasteiger partial charge on any atom is -1.00 e. The molecule has 0 heterocycles. The van der Waals surface area contributed by atoms with Gasteiger partial charge in [0.15, 0.2) is 0 Å². The Morgan fingerprint density at radius 2 is 1.25 bits per heavy atom. The summed E-state index contributed by atoms with van der Waals surface area (Å²) in [5.41, 5.74) is 0. The van der Waals surface area contributed by atoms with Crippen LogP contribution in [0.3, 0.4) is 0 Å². The van der Waals surface area contributed by atoms with Gasteiger partial charge in [-0.1, -0.05) is 0 Å². The molecule has 0 aliphatic carbocycles. The van der Waals surface area contributed by atoms with Crippen LogP contribution in [0.5, 0.6) is 0 Å². The van der Waals surface area contributed by atoms with Crippen molar-refractivity contribution >= 4 is 23.1 Å². The van der Waals surface area contributed by atoms with Gasteiger partial charge in [-0.2, -0.15) is 0 Å². The number of hydrogen-bond donors (Lipinski definition) is 0. The molecule has 0 aliphatic heterocycles. The van der Waals surface area contributed by atoms with Gasteiger partial charge in [0.25, 0.3) is 0 Å². The van der Waals surface area contributed by atoms with E-state index >= 15 is 0 Å². The largest absolute Gasteiger partial charge is 2.00 e. The Labute approximate surface area is 96.9 Å². The van der Waals surface area contributed by atoms with Gasteiger partial charge in [-0.05, 0) is 0 Å². The third-order valence-corrected chi connectivity index (χ3v) is 0. The van der Waals surface area contributed by atoms with Crippen molar-refractivity contribution in [2.45, 2.75) is 0 Å². The molecule has 0 aromatic heterocycles. The average Bonchev–Trinajstić information content (AvgIpc) is 0. The smallest absolute Gasteiger partial charge is 1.00 e. The molecule has 0 aliphatic rings. The molecule has 0 saturated carbocycles. The van der Waals surface area contributed by atoms with Gasteiger partial charge >= 0.3 is 23.1 Å². The Morgan fingerprint density at radius 3 is 1.25 bits per heavy atom. The molecular formula is H4CeHfMgO. The molecule has 0 fully saturated rings. The summed E-state index contributed by atoms with van der Waals surface area (Å²) in [6, 6.07) is 0. The predicted octanol–water partition coefficient (Wildman–Crippen LogP) is -0.983. The Morgan fingerprint density at radius 1 is 1.25 bits per heavy atom. The molecule has 0 amide bonds. The molecule has 4 heteroatoms. The van der Waals surface area contributed by atoms with E-state index in [0.717, 1.165) is 0 Å². The zero-order valence-corrected chi connectivity index (χ0v) is 10.4. The monoisotopic (exact) mass is 364 g/mol. The predicted molar refractivity (Wildman–Crippen MR) is 11.6 cm³/mol. The summed E-state index contributed by atoms with van der Waals surface area (Å²) in [6.07, 6.45) is 0. The van der Waals surface area contributed by atoms with Gasteiger partial charge in [0.05, 0.1) is 0 Å². The van der Waals surface area contributed by atoms with E-state index < -0.39 is 0 Å². The van der Waals surface area contributed by atoms with Crippen molar-refractivity contribution in [2.24, 2.45) is 0 Å². The molecule has 0 aromatic carbocycles. The van der Waals surface area contributed by atoms with Crippen LogP contribution < -0.4 is 0 Å². The fourth-order valence-electron chi connectivity index (χ4n) is 0. The molecule has 0 bridgehead atoms. The summed E-state index contributed by atoms with van der Waals surface area (Å²) in [7, 11) is 0. The van der Waals surface area contributed by atoms with E-state index in [9.17, 15) is 0 Å². The van der Waals surface area contributed by atoms with Gasteiger partial charge in [-0.3, -0.25) is 0 Å². The maximum absolute atomic E-state index is 0. The van der Waals surface area contributed by atoms with Crippen molar-refractivity contribution < 1.29 is 75.9 Å². The number of rotatable bonds is 0. The third-order valence-electron chi connectivity index (χ3n) is 0. The van der Waals surface area contributed by atoms with Crippen LogP contribution in [-0.2, 0) is 25.8 Å². The minimum atomic E-state index is 0. The Balaban J connectivity index is 0. The van der Waals surface area contributed by atoms with Gasteiger partial charge in [0, 0.05) is 67.6 Å². The van der Waals surface area contributed by atoms with E-state index in [1.54, 1.807) is 0 Å². The molecule has 0 unspecified atom stereocenters. The molecule has 0 rings (SSSR count). The summed E-state index contributed by atoms with van der Waals surface area (Å²) in [5, 5.41) is 0. The molecule has 20 valence electrons. The second-order valence-electron chi connectivity index (χ2n) is 0. The van der Waals surface area contributed by atoms with Crippen molar-refractivity contribution in [1.29, 1.82) is 0 Å². The third kappa shape index (κ3) is 8.88. The van der Waals surface area contributed by atoms with Crippen LogP contribution in [0.1, 0.15) is 2.85 Å². The summed E-state index contributed by atoms with van der Waals surface area (Å²) < 4.78 is 0. The van der Waals surface area contributed by atoms with Crippen LogP contribution in [0.4, 0.5) is 0 Å². The summed E-state index contributed by atoms with van der Waals surface area (Å²) in [6.45, 7) is 0. The fourth-order valence-corrected chi connectivity index (χ4v) is 0. The van der Waals surface area contributed by atoms with Crippen molar-refractivity contribution in [2.75, 3.05) is 0 Å². The van der Waals surface area contributed by atoms with Crippen LogP contribution in [0.25, 0.3) is 0 Å². The molecule has 0 saturated heterocycles. The topological polar surface area (TPSA) is 31.5 Å². The molecule has 1 nitrogen and oxygen atoms in total. The first-order valence-electron chi connectivity index (χ1n) is 0. The van der Waals surface area contributed by atoms with E-state index in [0.29, 0.717) is 0 Å². The molecule has 0 atom stereocenters. The van der Waals surface area contributed by atoms with E-state index in [4.69, 9.17) is 0 Å². The second kappa shape index (κ2) is 16.7. The Hall–Kier alpha value is 2.97. The average molecular weight is 363 g/mol. The van der Waals surface area contributed by atoms with Crippen LogP contribution >= 0.6 is 0 Å². The van der Waals surface area contributed by atoms with Crippen molar-refractivity contribution in [3.8, 4) is 0 Å². The molecule has 0 aromatic rings. The maximum Gasteiger partial charge on any atom is 2.00 e. The normalized spacial score (nSPS) is 0.